The second kappa shape index (κ2) is 4.75. The normalized spacial score (nSPS) is 22.8. The summed E-state index contributed by atoms with van der Waals surface area (Å²) in [7, 11) is 0. The Labute approximate surface area is 84.9 Å². The predicted molar refractivity (Wildman–Crippen MR) is 54.7 cm³/mol. The van der Waals surface area contributed by atoms with Crippen LogP contribution in [-0.2, 0) is 4.79 Å². The molecule has 0 aromatic carbocycles. The van der Waals surface area contributed by atoms with E-state index in [1.54, 1.807) is 6.92 Å². The Kier molecular flexibility index (Phi) is 3.89. The van der Waals surface area contributed by atoms with Crippen molar-refractivity contribution >= 4 is 5.91 Å². The zero-order chi connectivity index (χ0) is 10.6. The van der Waals surface area contributed by atoms with E-state index in [9.17, 15) is 4.79 Å². The van der Waals surface area contributed by atoms with Gasteiger partial charge in [-0.3, -0.25) is 4.79 Å². The lowest BCUT2D eigenvalue weighted by Gasteiger charge is -2.31. The third kappa shape index (κ3) is 2.96. The topological polar surface area (TPSA) is 75.3 Å². The number of amides is 1. The summed E-state index contributed by atoms with van der Waals surface area (Å²) >= 11 is 0. The molecule has 1 amide bonds. The van der Waals surface area contributed by atoms with Crippen molar-refractivity contribution in [1.29, 1.82) is 0 Å². The van der Waals surface area contributed by atoms with Crippen LogP contribution in [-0.4, -0.2) is 29.2 Å². The number of nitrogens with one attached hydrogen (secondary N) is 1. The molecule has 0 aromatic rings. The lowest BCUT2D eigenvalue weighted by molar-refractivity contribution is -0.127. The molecule has 4 heteroatoms. The quantitative estimate of drug-likeness (QED) is 0.607. The fourth-order valence-electron chi connectivity index (χ4n) is 1.83. The van der Waals surface area contributed by atoms with Crippen molar-refractivity contribution in [3.05, 3.63) is 0 Å². The molecule has 0 radical (unpaired) electrons. The van der Waals surface area contributed by atoms with Crippen molar-refractivity contribution in [2.75, 3.05) is 6.54 Å². The van der Waals surface area contributed by atoms with E-state index in [4.69, 9.17) is 10.8 Å². The van der Waals surface area contributed by atoms with E-state index in [2.05, 4.69) is 5.32 Å². The van der Waals surface area contributed by atoms with Gasteiger partial charge >= 0.3 is 0 Å². The third-order valence-corrected chi connectivity index (χ3v) is 2.76. The van der Waals surface area contributed by atoms with E-state index in [0.717, 1.165) is 25.7 Å². The molecule has 1 saturated carbocycles. The highest BCUT2D eigenvalue weighted by Gasteiger charge is 2.34. The van der Waals surface area contributed by atoms with Crippen LogP contribution in [0.5, 0.6) is 0 Å². The highest BCUT2D eigenvalue weighted by molar-refractivity contribution is 5.86. The standard InChI is InChI=1S/C10H20N2O2/c1-8(13)7-12-9(14)10(11)5-3-2-4-6-10/h8,13H,2-7,11H2,1H3,(H,12,14)/t8-/m0/s1. The highest BCUT2D eigenvalue weighted by Crippen LogP contribution is 2.25. The molecule has 1 aliphatic rings. The first-order valence-corrected chi connectivity index (χ1v) is 5.30. The Bertz CT molecular complexity index is 198. The van der Waals surface area contributed by atoms with Crippen molar-refractivity contribution in [3.63, 3.8) is 0 Å². The Morgan fingerprint density at radius 3 is 2.57 bits per heavy atom. The van der Waals surface area contributed by atoms with Crippen LogP contribution in [0.1, 0.15) is 39.0 Å². The fraction of sp³-hybridized carbons (Fsp3) is 0.900. The predicted octanol–water partition coefficient (Wildman–Crippen LogP) is 0.145. The molecule has 4 nitrogen and oxygen atoms in total. The van der Waals surface area contributed by atoms with Gasteiger partial charge in [0, 0.05) is 6.54 Å². The molecule has 4 N–H and O–H groups in total. The lowest BCUT2D eigenvalue weighted by Crippen LogP contribution is -2.55. The maximum atomic E-state index is 11.7. The monoisotopic (exact) mass is 200 g/mol. The summed E-state index contributed by atoms with van der Waals surface area (Å²) in [5.41, 5.74) is 5.31. The number of carbonyl (C=O) groups excluding carboxylic acids is 1. The van der Waals surface area contributed by atoms with Gasteiger partial charge in [-0.05, 0) is 19.8 Å². The van der Waals surface area contributed by atoms with Gasteiger partial charge in [-0.1, -0.05) is 19.3 Å². The molecule has 1 fully saturated rings. The van der Waals surface area contributed by atoms with E-state index in [0.29, 0.717) is 0 Å². The van der Waals surface area contributed by atoms with Gasteiger partial charge in [0.05, 0.1) is 11.6 Å². The Morgan fingerprint density at radius 2 is 2.07 bits per heavy atom. The molecule has 0 heterocycles. The fourth-order valence-corrected chi connectivity index (χ4v) is 1.83. The van der Waals surface area contributed by atoms with Crippen LogP contribution in [0.3, 0.4) is 0 Å². The number of rotatable bonds is 3. The van der Waals surface area contributed by atoms with Crippen LogP contribution in [0.15, 0.2) is 0 Å². The molecule has 0 aromatic heterocycles. The molecule has 0 spiro atoms. The number of nitrogens with two attached hydrogens (primary N) is 1. The largest absolute Gasteiger partial charge is 0.392 e. The van der Waals surface area contributed by atoms with Gasteiger partial charge in [0.15, 0.2) is 0 Å². The lowest BCUT2D eigenvalue weighted by atomic mass is 9.82. The summed E-state index contributed by atoms with van der Waals surface area (Å²) in [5, 5.41) is 11.7. The summed E-state index contributed by atoms with van der Waals surface area (Å²) in [6.07, 6.45) is 4.24. The van der Waals surface area contributed by atoms with Crippen molar-refractivity contribution in [2.45, 2.75) is 50.7 Å². The first kappa shape index (κ1) is 11.5. The Balaban J connectivity index is 2.41. The number of hydrogen-bond donors (Lipinski definition) is 3. The molecule has 0 bridgehead atoms. The summed E-state index contributed by atoms with van der Waals surface area (Å²) in [5.74, 6) is -0.113. The molecule has 0 unspecified atom stereocenters. The van der Waals surface area contributed by atoms with Crippen LogP contribution in [0, 0.1) is 0 Å². The van der Waals surface area contributed by atoms with E-state index in [1.807, 2.05) is 0 Å². The van der Waals surface area contributed by atoms with Crippen molar-refractivity contribution in [3.8, 4) is 0 Å². The van der Waals surface area contributed by atoms with Gasteiger partial charge in [-0.2, -0.15) is 0 Å². The van der Waals surface area contributed by atoms with Crippen LogP contribution in [0.2, 0.25) is 0 Å². The third-order valence-electron chi connectivity index (χ3n) is 2.76. The molecule has 1 rings (SSSR count). The van der Waals surface area contributed by atoms with E-state index >= 15 is 0 Å². The summed E-state index contributed by atoms with van der Waals surface area (Å²) < 4.78 is 0. The molecule has 1 aliphatic carbocycles. The average Bonchev–Trinajstić information content (AvgIpc) is 2.15. The van der Waals surface area contributed by atoms with Gasteiger partial charge in [0.2, 0.25) is 5.91 Å². The molecular weight excluding hydrogens is 180 g/mol. The second-order valence-electron chi connectivity index (χ2n) is 4.28. The number of aliphatic hydroxyl groups excluding tert-OH is 1. The smallest absolute Gasteiger partial charge is 0.240 e. The second-order valence-corrected chi connectivity index (χ2v) is 4.28. The zero-order valence-corrected chi connectivity index (χ0v) is 8.75. The van der Waals surface area contributed by atoms with Crippen LogP contribution in [0.4, 0.5) is 0 Å². The average molecular weight is 200 g/mol. The van der Waals surface area contributed by atoms with Crippen LogP contribution >= 0.6 is 0 Å². The van der Waals surface area contributed by atoms with Gasteiger partial charge in [-0.15, -0.1) is 0 Å². The Hall–Kier alpha value is -0.610. The summed E-state index contributed by atoms with van der Waals surface area (Å²) in [6.45, 7) is 1.93. The van der Waals surface area contributed by atoms with Gasteiger partial charge in [-0.25, -0.2) is 0 Å². The SMILES string of the molecule is C[C@H](O)CNC(=O)C1(N)CCCCC1. The van der Waals surface area contributed by atoms with E-state index < -0.39 is 11.6 Å². The highest BCUT2D eigenvalue weighted by atomic mass is 16.3. The van der Waals surface area contributed by atoms with Gasteiger partial charge in [0.1, 0.15) is 0 Å². The molecule has 14 heavy (non-hydrogen) atoms. The first-order valence-electron chi connectivity index (χ1n) is 5.30. The molecule has 82 valence electrons. The minimum atomic E-state index is -0.687. The minimum Gasteiger partial charge on any atom is -0.392 e. The molecular formula is C10H20N2O2. The summed E-state index contributed by atoms with van der Waals surface area (Å²) in [4.78, 5) is 11.7. The molecule has 1 atom stereocenters. The van der Waals surface area contributed by atoms with Crippen LogP contribution in [0.25, 0.3) is 0 Å². The number of aliphatic hydroxyl groups is 1. The first-order chi connectivity index (χ1) is 6.54. The van der Waals surface area contributed by atoms with E-state index in [-0.39, 0.29) is 12.5 Å². The van der Waals surface area contributed by atoms with Crippen LogP contribution < -0.4 is 11.1 Å². The van der Waals surface area contributed by atoms with Gasteiger partial charge < -0.3 is 16.2 Å². The van der Waals surface area contributed by atoms with E-state index in [1.165, 1.54) is 6.42 Å². The molecule has 0 saturated heterocycles. The summed E-state index contributed by atoms with van der Waals surface area (Å²) in [6, 6.07) is 0. The number of carbonyl (C=O) groups is 1. The maximum absolute atomic E-state index is 11.7. The Morgan fingerprint density at radius 1 is 1.50 bits per heavy atom. The minimum absolute atomic E-state index is 0.113. The van der Waals surface area contributed by atoms with Crippen molar-refractivity contribution < 1.29 is 9.90 Å². The number of hydrogen-bond acceptors (Lipinski definition) is 3. The maximum Gasteiger partial charge on any atom is 0.240 e. The zero-order valence-electron chi connectivity index (χ0n) is 8.75. The van der Waals surface area contributed by atoms with Crippen molar-refractivity contribution in [1.82, 2.24) is 5.32 Å². The van der Waals surface area contributed by atoms with Crippen molar-refractivity contribution in [2.24, 2.45) is 5.73 Å². The van der Waals surface area contributed by atoms with Gasteiger partial charge in [0.25, 0.3) is 0 Å². The molecule has 0 aliphatic heterocycles.